The molecule has 1 nitrogen and oxygen atoms in total. The number of rotatable bonds is 2. The molecule has 1 heteroatoms. The molecule has 1 aromatic carbocycles. The van der Waals surface area contributed by atoms with Gasteiger partial charge in [0.2, 0.25) is 0 Å². The van der Waals surface area contributed by atoms with Crippen LogP contribution in [0.1, 0.15) is 45.2 Å². The molecule has 86 valence electrons. The summed E-state index contributed by atoms with van der Waals surface area (Å²) in [7, 11) is 0. The van der Waals surface area contributed by atoms with E-state index in [1.165, 1.54) is 6.42 Å². The zero-order valence-corrected chi connectivity index (χ0v) is 10.5. The Hall–Kier alpha value is -1.08. The Morgan fingerprint density at radius 1 is 1.13 bits per heavy atom. The average molecular weight is 208 g/mol. The molecule has 1 N–H and O–H groups in total. The Balaban J connectivity index is 0. The standard InChI is InChI=1S/C9H10O.C3H8.C2H6/c1-2-8-3-5-9(7-10)6-4-8;1-3-2;1-2/h2-6,10H,1,7H2;3H2,1-2H3;1-2H3. The van der Waals surface area contributed by atoms with E-state index in [9.17, 15) is 0 Å². The van der Waals surface area contributed by atoms with Gasteiger partial charge in [-0.25, -0.2) is 0 Å². The SMILES string of the molecule is C=Cc1ccc(CO)cc1.CC.CCC. The molecule has 0 bridgehead atoms. The predicted molar refractivity (Wildman–Crippen MR) is 69.8 cm³/mol. The van der Waals surface area contributed by atoms with Crippen LogP contribution >= 0.6 is 0 Å². The largest absolute Gasteiger partial charge is 0.392 e. The van der Waals surface area contributed by atoms with E-state index in [1.807, 2.05) is 38.1 Å². The van der Waals surface area contributed by atoms with Crippen LogP contribution in [-0.2, 0) is 6.61 Å². The topological polar surface area (TPSA) is 20.2 Å². The highest BCUT2D eigenvalue weighted by Gasteiger charge is 1.87. The lowest BCUT2D eigenvalue weighted by atomic mass is 10.1. The third-order valence-corrected chi connectivity index (χ3v) is 1.40. The van der Waals surface area contributed by atoms with Crippen molar-refractivity contribution in [3.63, 3.8) is 0 Å². The molecule has 15 heavy (non-hydrogen) atoms. The Morgan fingerprint density at radius 3 is 1.80 bits per heavy atom. The number of aliphatic hydroxyl groups is 1. The van der Waals surface area contributed by atoms with E-state index in [2.05, 4.69) is 20.4 Å². The van der Waals surface area contributed by atoms with Crippen LogP contribution in [0, 0.1) is 0 Å². The fourth-order valence-electron chi connectivity index (χ4n) is 0.759. The van der Waals surface area contributed by atoms with Crippen molar-refractivity contribution in [2.45, 2.75) is 40.7 Å². The quantitative estimate of drug-likeness (QED) is 0.769. The molecule has 0 aromatic heterocycles. The van der Waals surface area contributed by atoms with Gasteiger partial charge in [-0.05, 0) is 11.1 Å². The van der Waals surface area contributed by atoms with Crippen molar-refractivity contribution in [1.82, 2.24) is 0 Å². The lowest BCUT2D eigenvalue weighted by molar-refractivity contribution is 0.282. The minimum absolute atomic E-state index is 0.109. The maximum absolute atomic E-state index is 8.68. The van der Waals surface area contributed by atoms with E-state index in [4.69, 9.17) is 5.11 Å². The lowest BCUT2D eigenvalue weighted by Gasteiger charge is -1.94. The van der Waals surface area contributed by atoms with E-state index < -0.39 is 0 Å². The highest BCUT2D eigenvalue weighted by molar-refractivity contribution is 5.46. The maximum atomic E-state index is 8.68. The maximum Gasteiger partial charge on any atom is 0.0681 e. The smallest absolute Gasteiger partial charge is 0.0681 e. The van der Waals surface area contributed by atoms with Gasteiger partial charge in [0, 0.05) is 0 Å². The summed E-state index contributed by atoms with van der Waals surface area (Å²) >= 11 is 0. The zero-order valence-electron chi connectivity index (χ0n) is 10.5. The molecule has 1 rings (SSSR count). The Labute approximate surface area is 94.5 Å². The molecule has 0 aliphatic rings. The molecular weight excluding hydrogens is 184 g/mol. The minimum atomic E-state index is 0.109. The Morgan fingerprint density at radius 2 is 1.53 bits per heavy atom. The number of hydrogen-bond acceptors (Lipinski definition) is 1. The Bertz CT molecular complexity index is 224. The molecule has 0 aliphatic heterocycles. The summed E-state index contributed by atoms with van der Waals surface area (Å²) in [5, 5.41) is 8.68. The number of benzene rings is 1. The van der Waals surface area contributed by atoms with Gasteiger partial charge in [0.05, 0.1) is 6.61 Å². The van der Waals surface area contributed by atoms with Crippen molar-refractivity contribution in [2.24, 2.45) is 0 Å². The van der Waals surface area contributed by atoms with Crippen LogP contribution in [0.3, 0.4) is 0 Å². The summed E-state index contributed by atoms with van der Waals surface area (Å²) in [4.78, 5) is 0. The fraction of sp³-hybridized carbons (Fsp3) is 0.429. The first-order valence-electron chi connectivity index (χ1n) is 5.60. The molecule has 0 spiro atoms. The summed E-state index contributed by atoms with van der Waals surface area (Å²) in [6.45, 7) is 12.0. The second-order valence-corrected chi connectivity index (χ2v) is 2.81. The van der Waals surface area contributed by atoms with E-state index in [1.54, 1.807) is 6.08 Å². The first-order chi connectivity index (χ1) is 7.28. The average Bonchev–Trinajstić information content (AvgIpc) is 2.33. The summed E-state index contributed by atoms with van der Waals surface area (Å²) in [6, 6.07) is 7.63. The first-order valence-corrected chi connectivity index (χ1v) is 5.60. The second kappa shape index (κ2) is 12.9. The van der Waals surface area contributed by atoms with Gasteiger partial charge in [-0.3, -0.25) is 0 Å². The third kappa shape index (κ3) is 9.23. The van der Waals surface area contributed by atoms with Crippen molar-refractivity contribution >= 4 is 6.08 Å². The van der Waals surface area contributed by atoms with Gasteiger partial charge in [0.25, 0.3) is 0 Å². The van der Waals surface area contributed by atoms with E-state index >= 15 is 0 Å². The molecule has 0 atom stereocenters. The summed E-state index contributed by atoms with van der Waals surface area (Å²) in [6.07, 6.45) is 3.03. The van der Waals surface area contributed by atoms with Crippen LogP contribution < -0.4 is 0 Å². The van der Waals surface area contributed by atoms with Crippen molar-refractivity contribution in [3.8, 4) is 0 Å². The molecule has 1 aromatic rings. The normalized spacial score (nSPS) is 7.80. The van der Waals surface area contributed by atoms with E-state index in [-0.39, 0.29) is 6.61 Å². The highest BCUT2D eigenvalue weighted by atomic mass is 16.3. The third-order valence-electron chi connectivity index (χ3n) is 1.40. The Kier molecular flexibility index (Phi) is 14.1. The van der Waals surface area contributed by atoms with Gasteiger partial charge in [-0.1, -0.05) is 71.0 Å². The van der Waals surface area contributed by atoms with Crippen molar-refractivity contribution in [1.29, 1.82) is 0 Å². The van der Waals surface area contributed by atoms with Crippen molar-refractivity contribution in [2.75, 3.05) is 0 Å². The monoisotopic (exact) mass is 208 g/mol. The first kappa shape index (κ1) is 16.4. The van der Waals surface area contributed by atoms with Crippen molar-refractivity contribution in [3.05, 3.63) is 42.0 Å². The van der Waals surface area contributed by atoms with Crippen LogP contribution in [0.2, 0.25) is 0 Å². The predicted octanol–water partition coefficient (Wildman–Crippen LogP) is 4.26. The van der Waals surface area contributed by atoms with E-state index in [0.717, 1.165) is 11.1 Å². The van der Waals surface area contributed by atoms with Crippen LogP contribution in [0.4, 0.5) is 0 Å². The van der Waals surface area contributed by atoms with Crippen LogP contribution in [0.25, 0.3) is 6.08 Å². The lowest BCUT2D eigenvalue weighted by Crippen LogP contribution is -1.80. The second-order valence-electron chi connectivity index (χ2n) is 2.81. The minimum Gasteiger partial charge on any atom is -0.392 e. The summed E-state index contributed by atoms with van der Waals surface area (Å²) < 4.78 is 0. The van der Waals surface area contributed by atoms with Gasteiger partial charge in [0.15, 0.2) is 0 Å². The van der Waals surface area contributed by atoms with E-state index in [0.29, 0.717) is 0 Å². The van der Waals surface area contributed by atoms with Crippen LogP contribution in [-0.4, -0.2) is 5.11 Å². The van der Waals surface area contributed by atoms with Gasteiger partial charge in [-0.2, -0.15) is 0 Å². The number of hydrogen-bond donors (Lipinski definition) is 1. The molecule has 0 fully saturated rings. The molecule has 0 saturated carbocycles. The molecule has 0 radical (unpaired) electrons. The molecule has 0 saturated heterocycles. The molecular formula is C14H24O. The van der Waals surface area contributed by atoms with Gasteiger partial charge >= 0.3 is 0 Å². The van der Waals surface area contributed by atoms with Crippen LogP contribution in [0.5, 0.6) is 0 Å². The van der Waals surface area contributed by atoms with Gasteiger partial charge < -0.3 is 5.11 Å². The highest BCUT2D eigenvalue weighted by Crippen LogP contribution is 2.04. The fourth-order valence-corrected chi connectivity index (χ4v) is 0.759. The summed E-state index contributed by atoms with van der Waals surface area (Å²) in [5.74, 6) is 0. The molecule has 0 aliphatic carbocycles. The summed E-state index contributed by atoms with van der Waals surface area (Å²) in [5.41, 5.74) is 2.02. The van der Waals surface area contributed by atoms with Crippen LogP contribution in [0.15, 0.2) is 30.8 Å². The molecule has 0 heterocycles. The van der Waals surface area contributed by atoms with Gasteiger partial charge in [-0.15, -0.1) is 0 Å². The van der Waals surface area contributed by atoms with Crippen molar-refractivity contribution < 1.29 is 5.11 Å². The number of aliphatic hydroxyl groups excluding tert-OH is 1. The van der Waals surface area contributed by atoms with Gasteiger partial charge in [0.1, 0.15) is 0 Å². The molecule has 0 unspecified atom stereocenters. The molecule has 0 amide bonds. The zero-order chi connectivity index (χ0) is 12.1.